The third kappa shape index (κ3) is 4.42. The molecule has 0 saturated carbocycles. The van der Waals surface area contributed by atoms with E-state index in [2.05, 4.69) is 10.3 Å². The molecule has 9 nitrogen and oxygen atoms in total. The molecule has 0 radical (unpaired) electrons. The van der Waals surface area contributed by atoms with Crippen LogP contribution in [-0.4, -0.2) is 22.7 Å². The molecule has 160 valence electrons. The summed E-state index contributed by atoms with van der Waals surface area (Å²) in [5.41, 5.74) is 1.55. The van der Waals surface area contributed by atoms with Crippen LogP contribution >= 0.6 is 11.6 Å². The Bertz CT molecular complexity index is 1310. The van der Waals surface area contributed by atoms with Gasteiger partial charge >= 0.3 is 5.97 Å². The van der Waals surface area contributed by atoms with Crippen LogP contribution in [-0.2, 0) is 14.3 Å². The normalized spacial score (nSPS) is 14.2. The number of anilines is 1. The first-order chi connectivity index (χ1) is 15.3. The van der Waals surface area contributed by atoms with Crippen molar-refractivity contribution < 1.29 is 23.7 Å². The first kappa shape index (κ1) is 21.0. The Hall–Kier alpha value is -4.24. The van der Waals surface area contributed by atoms with Gasteiger partial charge in [-0.15, -0.1) is 0 Å². The molecule has 32 heavy (non-hydrogen) atoms. The van der Waals surface area contributed by atoms with Gasteiger partial charge in [-0.05, 0) is 42.5 Å². The fourth-order valence-corrected chi connectivity index (χ4v) is 3.23. The van der Waals surface area contributed by atoms with Crippen LogP contribution < -0.4 is 5.32 Å². The predicted molar refractivity (Wildman–Crippen MR) is 117 cm³/mol. The summed E-state index contributed by atoms with van der Waals surface area (Å²) in [6.45, 7) is 1.41. The number of nitrogens with one attached hydrogen (secondary N) is 1. The van der Waals surface area contributed by atoms with Crippen molar-refractivity contribution in [3.8, 4) is 11.3 Å². The van der Waals surface area contributed by atoms with Gasteiger partial charge in [0.05, 0.1) is 9.95 Å². The first-order valence-electron chi connectivity index (χ1n) is 9.25. The van der Waals surface area contributed by atoms with Crippen LogP contribution in [0.2, 0.25) is 5.02 Å². The second kappa shape index (κ2) is 8.48. The summed E-state index contributed by atoms with van der Waals surface area (Å²) < 4.78 is 10.9. The molecule has 0 fully saturated rings. The van der Waals surface area contributed by atoms with Crippen LogP contribution in [0.1, 0.15) is 18.2 Å². The number of nitrogens with zero attached hydrogens (tertiary/aromatic N) is 2. The van der Waals surface area contributed by atoms with Crippen molar-refractivity contribution in [3.05, 3.63) is 86.8 Å². The second-order valence-corrected chi connectivity index (χ2v) is 7.13. The molecule has 0 spiro atoms. The van der Waals surface area contributed by atoms with Crippen LogP contribution in [0.5, 0.6) is 0 Å². The van der Waals surface area contributed by atoms with E-state index in [-0.39, 0.29) is 28.2 Å². The van der Waals surface area contributed by atoms with Gasteiger partial charge in [-0.2, -0.15) is 0 Å². The monoisotopic (exact) mass is 451 g/mol. The minimum absolute atomic E-state index is 0.0432. The molecule has 0 saturated heterocycles. The summed E-state index contributed by atoms with van der Waals surface area (Å²) in [7, 11) is 0. The predicted octanol–water partition coefficient (Wildman–Crippen LogP) is 4.81. The zero-order valence-corrected chi connectivity index (χ0v) is 17.3. The van der Waals surface area contributed by atoms with Crippen molar-refractivity contribution in [2.24, 2.45) is 4.99 Å². The molecule has 10 heteroatoms. The van der Waals surface area contributed by atoms with E-state index in [1.165, 1.54) is 31.2 Å². The summed E-state index contributed by atoms with van der Waals surface area (Å²) in [5, 5.41) is 13.7. The molecule has 1 aliphatic rings. The number of nitro groups is 1. The van der Waals surface area contributed by atoms with Gasteiger partial charge in [0.25, 0.3) is 5.69 Å². The number of amides is 1. The third-order valence-corrected chi connectivity index (χ3v) is 4.72. The highest BCUT2D eigenvalue weighted by Gasteiger charge is 2.25. The Labute approximate surface area is 186 Å². The van der Waals surface area contributed by atoms with Crippen molar-refractivity contribution in [3.63, 3.8) is 0 Å². The van der Waals surface area contributed by atoms with Crippen LogP contribution in [0, 0.1) is 10.1 Å². The number of carbonyl (C=O) groups excluding carboxylic acids is 2. The maximum atomic E-state index is 12.2. The van der Waals surface area contributed by atoms with Gasteiger partial charge in [-0.25, -0.2) is 9.79 Å². The number of ether oxygens (including phenoxy) is 1. The van der Waals surface area contributed by atoms with Crippen molar-refractivity contribution in [1.82, 2.24) is 0 Å². The maximum absolute atomic E-state index is 12.2. The second-order valence-electron chi connectivity index (χ2n) is 6.72. The smallest absolute Gasteiger partial charge is 0.363 e. The summed E-state index contributed by atoms with van der Waals surface area (Å²) in [5.74, 6) is -0.00763. The molecule has 2 heterocycles. The highest BCUT2D eigenvalue weighted by Crippen LogP contribution is 2.33. The molecule has 1 amide bonds. The average molecular weight is 452 g/mol. The number of nitro benzene ring substituents is 1. The lowest BCUT2D eigenvalue weighted by atomic mass is 10.1. The number of carbonyl (C=O) groups is 2. The van der Waals surface area contributed by atoms with Crippen LogP contribution in [0.25, 0.3) is 17.4 Å². The van der Waals surface area contributed by atoms with E-state index in [1.54, 1.807) is 36.4 Å². The quantitative estimate of drug-likeness (QED) is 0.257. The molecule has 2 aromatic carbocycles. The number of esters is 1. The van der Waals surface area contributed by atoms with Gasteiger partial charge < -0.3 is 14.5 Å². The molecule has 4 rings (SSSR count). The highest BCUT2D eigenvalue weighted by molar-refractivity contribution is 6.33. The Kier molecular flexibility index (Phi) is 5.57. The number of hydrogen-bond donors (Lipinski definition) is 1. The Morgan fingerprint density at radius 3 is 2.56 bits per heavy atom. The van der Waals surface area contributed by atoms with Gasteiger partial charge in [0, 0.05) is 41.9 Å². The van der Waals surface area contributed by atoms with E-state index < -0.39 is 10.9 Å². The van der Waals surface area contributed by atoms with Crippen LogP contribution in [0.4, 0.5) is 11.4 Å². The van der Waals surface area contributed by atoms with Gasteiger partial charge in [0.2, 0.25) is 11.8 Å². The fraction of sp³-hybridized carbons (Fsp3) is 0.0455. The molecular weight excluding hydrogens is 438 g/mol. The molecule has 0 bridgehead atoms. The van der Waals surface area contributed by atoms with E-state index in [0.717, 1.165) is 0 Å². The summed E-state index contributed by atoms with van der Waals surface area (Å²) in [6, 6.07) is 14.0. The molecule has 1 aromatic heterocycles. The lowest BCUT2D eigenvalue weighted by Crippen LogP contribution is -2.07. The summed E-state index contributed by atoms with van der Waals surface area (Å²) >= 11 is 6.14. The number of rotatable bonds is 5. The number of halogens is 1. The van der Waals surface area contributed by atoms with Crippen molar-refractivity contribution in [1.29, 1.82) is 0 Å². The minimum atomic E-state index is -0.641. The van der Waals surface area contributed by atoms with E-state index in [0.29, 0.717) is 28.3 Å². The number of furan rings is 1. The highest BCUT2D eigenvalue weighted by atomic mass is 35.5. The first-order valence-corrected chi connectivity index (χ1v) is 9.63. The third-order valence-electron chi connectivity index (χ3n) is 4.41. The Morgan fingerprint density at radius 1 is 1.16 bits per heavy atom. The molecule has 1 N–H and O–H groups in total. The number of non-ortho nitro benzene ring substituents is 1. The number of hydrogen-bond acceptors (Lipinski definition) is 7. The largest absolute Gasteiger partial charge is 0.457 e. The minimum Gasteiger partial charge on any atom is -0.457 e. The van der Waals surface area contributed by atoms with E-state index in [9.17, 15) is 19.7 Å². The fourth-order valence-electron chi connectivity index (χ4n) is 2.96. The molecular formula is C22H14ClN3O6. The van der Waals surface area contributed by atoms with Gasteiger partial charge in [0.1, 0.15) is 11.5 Å². The van der Waals surface area contributed by atoms with Crippen LogP contribution in [0.15, 0.2) is 69.7 Å². The van der Waals surface area contributed by atoms with Crippen molar-refractivity contribution in [2.45, 2.75) is 6.92 Å². The number of aliphatic imine (C=N–C) groups is 1. The standard InChI is InChI=1S/C22H14ClN3O6/c1-12(27)24-14-4-2-13(3-5-14)21-25-19(22(28)32-21)11-16-7-9-20(31-16)17-8-6-15(26(29)30)10-18(17)23/h2-11H,1H3,(H,24,27)/b19-11-. The lowest BCUT2D eigenvalue weighted by Gasteiger charge is -2.03. The van der Waals surface area contributed by atoms with E-state index in [1.807, 2.05) is 0 Å². The zero-order chi connectivity index (χ0) is 22.8. The molecule has 0 atom stereocenters. The van der Waals surface area contributed by atoms with E-state index in [4.69, 9.17) is 20.8 Å². The summed E-state index contributed by atoms with van der Waals surface area (Å²) in [6.07, 6.45) is 1.42. The molecule has 3 aromatic rings. The topological polar surface area (TPSA) is 124 Å². The summed E-state index contributed by atoms with van der Waals surface area (Å²) in [4.78, 5) is 37.9. The van der Waals surface area contributed by atoms with Crippen molar-refractivity contribution in [2.75, 3.05) is 5.32 Å². The lowest BCUT2D eigenvalue weighted by molar-refractivity contribution is -0.384. The Balaban J connectivity index is 1.56. The molecule has 0 aliphatic carbocycles. The van der Waals surface area contributed by atoms with Gasteiger partial charge in [0.15, 0.2) is 5.70 Å². The molecule has 0 unspecified atom stereocenters. The Morgan fingerprint density at radius 2 is 1.91 bits per heavy atom. The average Bonchev–Trinajstić information content (AvgIpc) is 3.35. The molecule has 1 aliphatic heterocycles. The maximum Gasteiger partial charge on any atom is 0.363 e. The zero-order valence-electron chi connectivity index (χ0n) is 16.5. The van der Waals surface area contributed by atoms with Gasteiger partial charge in [-0.3, -0.25) is 14.9 Å². The van der Waals surface area contributed by atoms with Gasteiger partial charge in [-0.1, -0.05) is 11.6 Å². The van der Waals surface area contributed by atoms with Crippen LogP contribution in [0.3, 0.4) is 0 Å². The number of benzene rings is 2. The van der Waals surface area contributed by atoms with E-state index >= 15 is 0 Å². The number of cyclic esters (lactones) is 1. The SMILES string of the molecule is CC(=O)Nc1ccc(C2=N/C(=C\c3ccc(-c4ccc([N+](=O)[O-])cc4Cl)o3)C(=O)O2)cc1. The van der Waals surface area contributed by atoms with Crippen molar-refractivity contribution >= 4 is 46.8 Å².